The summed E-state index contributed by atoms with van der Waals surface area (Å²) in [5.74, 6) is -2.78. The van der Waals surface area contributed by atoms with Gasteiger partial charge in [0.1, 0.15) is 10.6 Å². The molecule has 94 valence electrons. The minimum Gasteiger partial charge on any atom is -0.504 e. The molecule has 1 aromatic carbocycles. The van der Waals surface area contributed by atoms with Gasteiger partial charge in [0.15, 0.2) is 11.5 Å². The van der Waals surface area contributed by atoms with Crippen LogP contribution >= 0.6 is 23.2 Å². The Kier molecular flexibility index (Phi) is 4.48. The number of rotatable bonds is 4. The van der Waals surface area contributed by atoms with Gasteiger partial charge in [0.05, 0.1) is 5.02 Å². The van der Waals surface area contributed by atoms with Gasteiger partial charge in [0.2, 0.25) is 0 Å². The molecule has 0 unspecified atom stereocenters. The van der Waals surface area contributed by atoms with Gasteiger partial charge in [0, 0.05) is 0 Å². The zero-order valence-electron chi connectivity index (χ0n) is 9.13. The third-order valence-corrected chi connectivity index (χ3v) is 3.30. The van der Waals surface area contributed by atoms with Crippen molar-refractivity contribution in [2.45, 2.75) is 26.2 Å². The van der Waals surface area contributed by atoms with E-state index in [1.54, 1.807) is 0 Å². The summed E-state index contributed by atoms with van der Waals surface area (Å²) in [6.07, 6.45) is 1.93. The maximum Gasteiger partial charge on any atom is 0.339 e. The van der Waals surface area contributed by atoms with Gasteiger partial charge in [-0.2, -0.15) is 0 Å². The predicted molar refractivity (Wildman–Crippen MR) is 65.4 cm³/mol. The fourth-order valence-electron chi connectivity index (χ4n) is 1.53. The monoisotopic (exact) mass is 278 g/mol. The van der Waals surface area contributed by atoms with Gasteiger partial charge < -0.3 is 15.3 Å². The molecule has 0 saturated carbocycles. The number of carbonyl (C=O) groups is 1. The molecule has 6 heteroatoms. The van der Waals surface area contributed by atoms with Gasteiger partial charge in [0.25, 0.3) is 0 Å². The maximum atomic E-state index is 11.0. The van der Waals surface area contributed by atoms with Gasteiger partial charge >= 0.3 is 5.97 Å². The molecule has 0 aliphatic carbocycles. The number of hydrogen-bond donors (Lipinski definition) is 3. The van der Waals surface area contributed by atoms with E-state index in [0.717, 1.165) is 6.42 Å². The molecule has 0 aromatic heterocycles. The van der Waals surface area contributed by atoms with E-state index in [1.807, 2.05) is 6.92 Å². The van der Waals surface area contributed by atoms with Crippen molar-refractivity contribution in [3.63, 3.8) is 0 Å². The normalized spacial score (nSPS) is 10.5. The van der Waals surface area contributed by atoms with Crippen molar-refractivity contribution in [2.75, 3.05) is 0 Å². The van der Waals surface area contributed by atoms with E-state index in [-0.39, 0.29) is 21.2 Å². The summed E-state index contributed by atoms with van der Waals surface area (Å²) in [6, 6.07) is 0. The zero-order chi connectivity index (χ0) is 13.2. The number of halogens is 2. The molecule has 0 heterocycles. The van der Waals surface area contributed by atoms with E-state index in [9.17, 15) is 15.0 Å². The van der Waals surface area contributed by atoms with Crippen molar-refractivity contribution in [2.24, 2.45) is 0 Å². The third-order valence-electron chi connectivity index (χ3n) is 2.42. The van der Waals surface area contributed by atoms with Crippen LogP contribution in [0.2, 0.25) is 10.0 Å². The second kappa shape index (κ2) is 5.47. The Balaban J connectivity index is 3.48. The van der Waals surface area contributed by atoms with Crippen LogP contribution in [0.1, 0.15) is 35.7 Å². The van der Waals surface area contributed by atoms with Crippen LogP contribution in [0.3, 0.4) is 0 Å². The fourth-order valence-corrected chi connectivity index (χ4v) is 2.01. The number of phenols is 2. The second-order valence-corrected chi connectivity index (χ2v) is 4.34. The van der Waals surface area contributed by atoms with E-state index >= 15 is 0 Å². The van der Waals surface area contributed by atoms with Crippen LogP contribution in [-0.2, 0) is 6.42 Å². The van der Waals surface area contributed by atoms with Gasteiger partial charge in [-0.1, -0.05) is 36.5 Å². The van der Waals surface area contributed by atoms with E-state index < -0.39 is 17.5 Å². The minimum absolute atomic E-state index is 0.0205. The molecule has 1 aromatic rings. The van der Waals surface area contributed by atoms with Crippen LogP contribution < -0.4 is 0 Å². The quantitative estimate of drug-likeness (QED) is 0.738. The Hall–Kier alpha value is -1.13. The number of phenolic OH excluding ortho intramolecular Hbond substituents is 1. The van der Waals surface area contributed by atoms with Gasteiger partial charge in [-0.25, -0.2) is 4.79 Å². The summed E-state index contributed by atoms with van der Waals surface area (Å²) >= 11 is 11.6. The molecule has 0 saturated heterocycles. The van der Waals surface area contributed by atoms with Crippen LogP contribution in [0.25, 0.3) is 0 Å². The molecule has 0 fully saturated rings. The summed E-state index contributed by atoms with van der Waals surface area (Å²) in [6.45, 7) is 1.94. The van der Waals surface area contributed by atoms with Crippen molar-refractivity contribution >= 4 is 29.2 Å². The van der Waals surface area contributed by atoms with Crippen molar-refractivity contribution < 1.29 is 20.1 Å². The third kappa shape index (κ3) is 2.58. The number of benzene rings is 1. The lowest BCUT2D eigenvalue weighted by molar-refractivity contribution is 0.0691. The first kappa shape index (κ1) is 13.9. The number of aromatic hydroxyl groups is 2. The number of carboxylic acid groups (broad SMARTS) is 1. The number of carboxylic acids is 1. The smallest absolute Gasteiger partial charge is 0.339 e. The standard InChI is InChI=1S/C11H12Cl2O4/c1-2-3-4-5-6(11(16)17)9(14)10(15)8(13)7(5)12/h14-15H,2-4H2,1H3,(H,16,17). The first-order valence-electron chi connectivity index (χ1n) is 5.06. The number of aromatic carboxylic acids is 1. The minimum atomic E-state index is -1.34. The fraction of sp³-hybridized carbons (Fsp3) is 0.364. The summed E-state index contributed by atoms with van der Waals surface area (Å²) in [5, 5.41) is 27.8. The van der Waals surface area contributed by atoms with Crippen molar-refractivity contribution in [1.29, 1.82) is 0 Å². The molecule has 0 radical (unpaired) electrons. The molecular formula is C11H12Cl2O4. The molecule has 0 aliphatic heterocycles. The Labute approximate surface area is 108 Å². The van der Waals surface area contributed by atoms with Crippen LogP contribution in [0.15, 0.2) is 0 Å². The molecule has 1 rings (SSSR count). The molecule has 0 amide bonds. The average molecular weight is 279 g/mol. The first-order valence-corrected chi connectivity index (χ1v) is 5.82. The van der Waals surface area contributed by atoms with Gasteiger partial charge in [-0.15, -0.1) is 0 Å². The largest absolute Gasteiger partial charge is 0.504 e. The first-order chi connectivity index (χ1) is 7.91. The maximum absolute atomic E-state index is 11.0. The molecule has 0 aliphatic rings. The molecule has 0 bridgehead atoms. The van der Waals surface area contributed by atoms with E-state index in [2.05, 4.69) is 0 Å². The van der Waals surface area contributed by atoms with Crippen LogP contribution in [0, 0.1) is 0 Å². The highest BCUT2D eigenvalue weighted by atomic mass is 35.5. The van der Waals surface area contributed by atoms with E-state index in [4.69, 9.17) is 28.3 Å². The molecule has 0 atom stereocenters. The van der Waals surface area contributed by atoms with Gasteiger partial charge in [-0.3, -0.25) is 0 Å². The highest BCUT2D eigenvalue weighted by Gasteiger charge is 2.25. The van der Waals surface area contributed by atoms with Gasteiger partial charge in [-0.05, 0) is 18.4 Å². The van der Waals surface area contributed by atoms with Crippen LogP contribution in [-0.4, -0.2) is 21.3 Å². The molecular weight excluding hydrogens is 267 g/mol. The molecule has 4 nitrogen and oxygen atoms in total. The van der Waals surface area contributed by atoms with Crippen molar-refractivity contribution in [1.82, 2.24) is 0 Å². The lowest BCUT2D eigenvalue weighted by Crippen LogP contribution is -2.05. The Morgan fingerprint density at radius 3 is 2.24 bits per heavy atom. The van der Waals surface area contributed by atoms with Crippen molar-refractivity contribution in [3.05, 3.63) is 21.2 Å². The highest BCUT2D eigenvalue weighted by Crippen LogP contribution is 2.44. The summed E-state index contributed by atoms with van der Waals surface area (Å²) in [7, 11) is 0. The SMILES string of the molecule is CCCCc1c(Cl)c(Cl)c(O)c(O)c1C(=O)O. The molecule has 3 N–H and O–H groups in total. The molecule has 0 spiro atoms. The lowest BCUT2D eigenvalue weighted by atomic mass is 10.0. The summed E-state index contributed by atoms with van der Waals surface area (Å²) < 4.78 is 0. The Bertz CT molecular complexity index is 458. The predicted octanol–water partition coefficient (Wildman–Crippen LogP) is 3.45. The zero-order valence-corrected chi connectivity index (χ0v) is 10.6. The molecule has 17 heavy (non-hydrogen) atoms. The van der Waals surface area contributed by atoms with E-state index in [0.29, 0.717) is 12.8 Å². The van der Waals surface area contributed by atoms with Crippen LogP contribution in [0.4, 0.5) is 0 Å². The second-order valence-electron chi connectivity index (χ2n) is 3.59. The number of hydrogen-bond acceptors (Lipinski definition) is 3. The average Bonchev–Trinajstić information content (AvgIpc) is 2.28. The summed E-state index contributed by atoms with van der Waals surface area (Å²) in [4.78, 5) is 11.0. The van der Waals surface area contributed by atoms with Crippen molar-refractivity contribution in [3.8, 4) is 11.5 Å². The van der Waals surface area contributed by atoms with Crippen LogP contribution in [0.5, 0.6) is 11.5 Å². The Morgan fingerprint density at radius 1 is 1.18 bits per heavy atom. The Morgan fingerprint density at radius 2 is 1.76 bits per heavy atom. The van der Waals surface area contributed by atoms with E-state index in [1.165, 1.54) is 0 Å². The number of unbranched alkanes of at least 4 members (excludes halogenated alkanes) is 1. The lowest BCUT2D eigenvalue weighted by Gasteiger charge is -2.13. The summed E-state index contributed by atoms with van der Waals surface area (Å²) in [5.41, 5.74) is -0.133. The topological polar surface area (TPSA) is 77.8 Å². The highest BCUT2D eigenvalue weighted by molar-refractivity contribution is 6.44.